The number of hydrogen-bond acceptors (Lipinski definition) is 4. The number of rotatable bonds is 8. The Bertz CT molecular complexity index is 717. The highest BCUT2D eigenvalue weighted by molar-refractivity contribution is 8.04. The van der Waals surface area contributed by atoms with Gasteiger partial charge in [0.15, 0.2) is 0 Å². The van der Waals surface area contributed by atoms with Gasteiger partial charge in [-0.25, -0.2) is 0 Å². The third-order valence-corrected chi connectivity index (χ3v) is 9.26. The predicted octanol–water partition coefficient (Wildman–Crippen LogP) is 6.48. The summed E-state index contributed by atoms with van der Waals surface area (Å²) in [6.07, 6.45) is 5.02. The molecule has 1 N–H and O–H groups in total. The van der Waals surface area contributed by atoms with Gasteiger partial charge in [-0.1, -0.05) is 60.5 Å². The number of carbonyl (C=O) groups is 1. The van der Waals surface area contributed by atoms with E-state index in [2.05, 4.69) is 76.9 Å². The largest absolute Gasteiger partial charge is 0.354 e. The second-order valence-corrected chi connectivity index (χ2v) is 14.5. The molecule has 3 atom stereocenters. The van der Waals surface area contributed by atoms with Gasteiger partial charge in [0.1, 0.15) is 0 Å². The number of thioether (sulfide) groups is 2. The summed E-state index contributed by atoms with van der Waals surface area (Å²) in [6.45, 7) is 17.5. The molecule has 0 bridgehead atoms. The first-order valence-corrected chi connectivity index (χ1v) is 14.0. The van der Waals surface area contributed by atoms with E-state index in [4.69, 9.17) is 0 Å². The molecule has 1 aliphatic rings. The van der Waals surface area contributed by atoms with Gasteiger partial charge in [0.2, 0.25) is 5.91 Å². The monoisotopic (exact) mass is 478 g/mol. The highest BCUT2D eigenvalue weighted by atomic mass is 32.2. The minimum Gasteiger partial charge on any atom is -0.354 e. The van der Waals surface area contributed by atoms with Crippen LogP contribution in [-0.2, 0) is 15.6 Å². The Labute approximate surface area is 206 Å². The van der Waals surface area contributed by atoms with Crippen molar-refractivity contribution >= 4 is 29.4 Å². The average Bonchev–Trinajstić information content (AvgIpc) is 2.67. The summed E-state index contributed by atoms with van der Waals surface area (Å²) in [5, 5.41) is 4.19. The van der Waals surface area contributed by atoms with E-state index >= 15 is 0 Å². The third-order valence-electron chi connectivity index (χ3n) is 6.17. The molecule has 0 heterocycles. The van der Waals surface area contributed by atoms with Crippen LogP contribution in [0.2, 0.25) is 0 Å². The first-order chi connectivity index (χ1) is 14.8. The van der Waals surface area contributed by atoms with Crippen molar-refractivity contribution in [2.24, 2.45) is 0 Å². The average molecular weight is 479 g/mol. The molecule has 1 saturated carbocycles. The maximum atomic E-state index is 12.6. The van der Waals surface area contributed by atoms with Crippen LogP contribution in [0.1, 0.15) is 85.3 Å². The fourth-order valence-corrected chi connectivity index (χ4v) is 6.95. The summed E-state index contributed by atoms with van der Waals surface area (Å²) in [6, 6.07) is 7.22. The zero-order chi connectivity index (χ0) is 24.1. The van der Waals surface area contributed by atoms with Gasteiger partial charge in [0.25, 0.3) is 0 Å². The molecule has 1 amide bonds. The highest BCUT2D eigenvalue weighted by Gasteiger charge is 2.30. The summed E-state index contributed by atoms with van der Waals surface area (Å²) in [5.74, 6) is 0.177. The van der Waals surface area contributed by atoms with E-state index in [1.807, 2.05) is 37.6 Å². The van der Waals surface area contributed by atoms with Crippen molar-refractivity contribution in [3.63, 3.8) is 0 Å². The molecule has 0 spiro atoms. The number of likely N-dealkylation sites (N-methyl/N-ethyl adjacent to an activating group) is 1. The minimum absolute atomic E-state index is 0.00518. The van der Waals surface area contributed by atoms with Gasteiger partial charge in [-0.2, -0.15) is 0 Å². The summed E-state index contributed by atoms with van der Waals surface area (Å²) in [5.41, 5.74) is 3.11. The van der Waals surface area contributed by atoms with E-state index in [0.717, 1.165) is 13.1 Å². The lowest BCUT2D eigenvalue weighted by Crippen LogP contribution is -2.37. The second kappa shape index (κ2) is 11.7. The van der Waals surface area contributed by atoms with Crippen LogP contribution in [0, 0.1) is 0 Å². The Hall–Kier alpha value is -0.650. The zero-order valence-electron chi connectivity index (χ0n) is 21.9. The van der Waals surface area contributed by atoms with E-state index < -0.39 is 0 Å². The van der Waals surface area contributed by atoms with E-state index in [1.165, 1.54) is 41.7 Å². The molecule has 2 rings (SSSR count). The van der Waals surface area contributed by atoms with Crippen LogP contribution >= 0.6 is 23.5 Å². The number of nitrogens with one attached hydrogen (secondary N) is 1. The first-order valence-electron chi connectivity index (χ1n) is 12.2. The van der Waals surface area contributed by atoms with Crippen molar-refractivity contribution in [2.75, 3.05) is 27.2 Å². The van der Waals surface area contributed by atoms with Gasteiger partial charge < -0.3 is 10.2 Å². The van der Waals surface area contributed by atoms with Crippen LogP contribution in [-0.4, -0.2) is 53.7 Å². The van der Waals surface area contributed by atoms with Gasteiger partial charge in [-0.3, -0.25) is 4.79 Å². The van der Waals surface area contributed by atoms with Crippen LogP contribution in [0.25, 0.3) is 0 Å². The van der Waals surface area contributed by atoms with Crippen molar-refractivity contribution in [3.05, 3.63) is 29.3 Å². The molecule has 1 fully saturated rings. The normalized spacial score (nSPS) is 20.9. The summed E-state index contributed by atoms with van der Waals surface area (Å²) in [4.78, 5) is 16.1. The highest BCUT2D eigenvalue weighted by Crippen LogP contribution is 2.42. The lowest BCUT2D eigenvalue weighted by atomic mass is 9.81. The van der Waals surface area contributed by atoms with Crippen molar-refractivity contribution in [3.8, 4) is 0 Å². The van der Waals surface area contributed by atoms with E-state index in [9.17, 15) is 4.79 Å². The smallest absolute Gasteiger partial charge is 0.232 e. The Balaban J connectivity index is 2.13. The Morgan fingerprint density at radius 2 is 1.53 bits per heavy atom. The van der Waals surface area contributed by atoms with Gasteiger partial charge in [0, 0.05) is 28.5 Å². The van der Waals surface area contributed by atoms with Crippen LogP contribution in [0.5, 0.6) is 0 Å². The van der Waals surface area contributed by atoms with Crippen LogP contribution in [0.15, 0.2) is 23.1 Å². The maximum Gasteiger partial charge on any atom is 0.232 e. The molecule has 1 aliphatic carbocycles. The van der Waals surface area contributed by atoms with Gasteiger partial charge in [-0.15, -0.1) is 23.5 Å². The molecule has 1 aromatic rings. The van der Waals surface area contributed by atoms with Crippen molar-refractivity contribution in [1.82, 2.24) is 10.2 Å². The molecule has 3 unspecified atom stereocenters. The molecule has 32 heavy (non-hydrogen) atoms. The van der Waals surface area contributed by atoms with Crippen molar-refractivity contribution < 1.29 is 4.79 Å². The fourth-order valence-electron chi connectivity index (χ4n) is 3.93. The zero-order valence-corrected chi connectivity index (χ0v) is 23.5. The van der Waals surface area contributed by atoms with Gasteiger partial charge in [0.05, 0.1) is 5.25 Å². The van der Waals surface area contributed by atoms with Crippen LogP contribution < -0.4 is 5.32 Å². The summed E-state index contributed by atoms with van der Waals surface area (Å²) >= 11 is 3.94. The van der Waals surface area contributed by atoms with Crippen molar-refractivity contribution in [2.45, 2.75) is 106 Å². The molecule has 0 aromatic heterocycles. The second-order valence-electron chi connectivity index (χ2n) is 11.6. The molecule has 0 radical (unpaired) electrons. The third kappa shape index (κ3) is 8.61. The van der Waals surface area contributed by atoms with Crippen molar-refractivity contribution in [1.29, 1.82) is 0 Å². The standard InChI is InChI=1S/C27H46N2OS2/c1-19(25(30)28-14-15-29(8)9)31-23-12-10-11-13-24(23)32-22-17-20(26(2,3)4)16-21(18-22)27(5,6)7/h16-19,23-24H,10-15H2,1-9H3,(H,28,30). The lowest BCUT2D eigenvalue weighted by Gasteiger charge is -2.33. The van der Waals surface area contributed by atoms with Gasteiger partial charge in [-0.05, 0) is 68.0 Å². The fraction of sp³-hybridized carbons (Fsp3) is 0.741. The maximum absolute atomic E-state index is 12.6. The van der Waals surface area contributed by atoms with E-state index in [0.29, 0.717) is 10.5 Å². The molecule has 5 heteroatoms. The number of nitrogens with zero attached hydrogens (tertiary/aromatic N) is 1. The number of amides is 1. The number of benzene rings is 1. The molecule has 182 valence electrons. The molecule has 0 aliphatic heterocycles. The summed E-state index contributed by atoms with van der Waals surface area (Å²) < 4.78 is 0. The first kappa shape index (κ1) is 27.6. The van der Waals surface area contributed by atoms with Crippen LogP contribution in [0.3, 0.4) is 0 Å². The molecular weight excluding hydrogens is 432 g/mol. The molecular formula is C27H46N2OS2. The van der Waals surface area contributed by atoms with Crippen LogP contribution in [0.4, 0.5) is 0 Å². The Kier molecular flexibility index (Phi) is 10.1. The SMILES string of the molecule is CC(SC1CCCCC1Sc1cc(C(C)(C)C)cc(C(C)(C)C)c1)C(=O)NCCN(C)C. The topological polar surface area (TPSA) is 32.3 Å². The van der Waals surface area contributed by atoms with Gasteiger partial charge >= 0.3 is 0 Å². The van der Waals surface area contributed by atoms with E-state index in [1.54, 1.807) is 0 Å². The Morgan fingerprint density at radius 1 is 1.00 bits per heavy atom. The molecule has 0 saturated heterocycles. The molecule has 3 nitrogen and oxygen atoms in total. The minimum atomic E-state index is -0.00518. The quantitative estimate of drug-likeness (QED) is 0.463. The predicted molar refractivity (Wildman–Crippen MR) is 144 cm³/mol. The lowest BCUT2D eigenvalue weighted by molar-refractivity contribution is -0.120. The van der Waals surface area contributed by atoms with E-state index in [-0.39, 0.29) is 22.0 Å². The Morgan fingerprint density at radius 3 is 2.03 bits per heavy atom. The summed E-state index contributed by atoms with van der Waals surface area (Å²) in [7, 11) is 4.07. The number of hydrogen-bond donors (Lipinski definition) is 1. The molecule has 1 aromatic carbocycles. The number of carbonyl (C=O) groups excluding carboxylic acids is 1.